The maximum absolute atomic E-state index is 13.0. The van der Waals surface area contributed by atoms with E-state index in [1.165, 1.54) is 6.07 Å². The molecule has 0 saturated heterocycles. The topological polar surface area (TPSA) is 49.8 Å². The molecular weight excluding hydrogens is 323 g/mol. The predicted molar refractivity (Wildman–Crippen MR) is 81.5 cm³/mol. The van der Waals surface area contributed by atoms with Crippen molar-refractivity contribution in [3.8, 4) is 5.75 Å². The molecule has 1 heterocycles. The molecule has 0 saturated carbocycles. The van der Waals surface area contributed by atoms with Gasteiger partial charge in [-0.15, -0.1) is 0 Å². The molecule has 0 bridgehead atoms. The van der Waals surface area contributed by atoms with Gasteiger partial charge in [-0.1, -0.05) is 18.2 Å². The average molecular weight is 337 g/mol. The minimum atomic E-state index is -4.49. The average Bonchev–Trinajstić information content (AvgIpc) is 2.68. The minimum absolute atomic E-state index is 0.0457. The van der Waals surface area contributed by atoms with Crippen LogP contribution >= 0.6 is 0 Å². The first kappa shape index (κ1) is 16.2. The highest BCUT2D eigenvalue weighted by Gasteiger charge is 2.33. The number of anilines is 2. The van der Waals surface area contributed by atoms with E-state index in [-0.39, 0.29) is 25.3 Å². The zero-order valence-corrected chi connectivity index (χ0v) is 12.5. The van der Waals surface area contributed by atoms with Crippen LogP contribution in [0.15, 0.2) is 42.5 Å². The van der Waals surface area contributed by atoms with Gasteiger partial charge in [0.25, 0.3) is 0 Å². The van der Waals surface area contributed by atoms with Crippen molar-refractivity contribution >= 4 is 17.3 Å². The number of aliphatic carboxylic acids is 1. The van der Waals surface area contributed by atoms with E-state index in [9.17, 15) is 18.0 Å². The van der Waals surface area contributed by atoms with Crippen LogP contribution in [0.4, 0.5) is 24.5 Å². The lowest BCUT2D eigenvalue weighted by atomic mass is 10.1. The number of fused-ring (bicyclic) bond motifs is 2. The number of alkyl halides is 3. The van der Waals surface area contributed by atoms with E-state index in [1.807, 2.05) is 0 Å². The second-order valence-corrected chi connectivity index (χ2v) is 5.39. The Labute approximate surface area is 136 Å². The molecule has 0 radical (unpaired) electrons. The zero-order valence-electron chi connectivity index (χ0n) is 12.5. The zero-order chi connectivity index (χ0) is 17.3. The van der Waals surface area contributed by atoms with Crippen LogP contribution in [0.2, 0.25) is 0 Å². The predicted octanol–water partition coefficient (Wildman–Crippen LogP) is 4.21. The molecule has 1 aliphatic heterocycles. The number of benzene rings is 2. The van der Waals surface area contributed by atoms with E-state index in [0.717, 1.165) is 17.7 Å². The number of nitrogens with zero attached hydrogens (tertiary/aromatic N) is 1. The Morgan fingerprint density at radius 3 is 2.62 bits per heavy atom. The van der Waals surface area contributed by atoms with E-state index in [1.54, 1.807) is 29.2 Å². The standard InChI is InChI=1S/C17H14F3NO3/c18-17(19,20)12-5-6-15-14(9-12)21(8-7-16(22)23)13-4-2-1-3-11(13)10-24-15/h1-6,9H,7-8,10H2,(H,22,23). The summed E-state index contributed by atoms with van der Waals surface area (Å²) in [5.41, 5.74) is 0.852. The van der Waals surface area contributed by atoms with Crippen molar-refractivity contribution in [2.24, 2.45) is 0 Å². The molecule has 0 aliphatic carbocycles. The molecule has 2 aromatic carbocycles. The van der Waals surface area contributed by atoms with Crippen LogP contribution < -0.4 is 9.64 Å². The molecule has 0 spiro atoms. The molecule has 0 aromatic heterocycles. The van der Waals surface area contributed by atoms with Gasteiger partial charge in [-0.25, -0.2) is 0 Å². The Morgan fingerprint density at radius 1 is 1.17 bits per heavy atom. The molecule has 126 valence electrons. The van der Waals surface area contributed by atoms with E-state index >= 15 is 0 Å². The smallest absolute Gasteiger partial charge is 0.416 e. The molecular formula is C17H14F3NO3. The van der Waals surface area contributed by atoms with Crippen LogP contribution in [0.1, 0.15) is 17.5 Å². The monoisotopic (exact) mass is 337 g/mol. The summed E-state index contributed by atoms with van der Waals surface area (Å²) in [6.45, 7) is 0.252. The maximum Gasteiger partial charge on any atom is 0.416 e. The number of para-hydroxylation sites is 1. The van der Waals surface area contributed by atoms with Crippen LogP contribution in [0.3, 0.4) is 0 Å². The quantitative estimate of drug-likeness (QED) is 0.911. The molecule has 3 rings (SSSR count). The molecule has 0 atom stereocenters. The van der Waals surface area contributed by atoms with E-state index in [0.29, 0.717) is 11.4 Å². The van der Waals surface area contributed by atoms with Crippen molar-refractivity contribution in [2.75, 3.05) is 11.4 Å². The van der Waals surface area contributed by atoms with Gasteiger partial charge in [0.15, 0.2) is 0 Å². The Bertz CT molecular complexity index is 774. The van der Waals surface area contributed by atoms with Gasteiger partial charge in [-0.05, 0) is 24.3 Å². The summed E-state index contributed by atoms with van der Waals surface area (Å²) in [6, 6.07) is 10.3. The van der Waals surface area contributed by atoms with Crippen LogP contribution in [0.5, 0.6) is 5.75 Å². The number of ether oxygens (including phenoxy) is 1. The fourth-order valence-corrected chi connectivity index (χ4v) is 2.66. The van der Waals surface area contributed by atoms with Crippen molar-refractivity contribution < 1.29 is 27.8 Å². The van der Waals surface area contributed by atoms with Gasteiger partial charge in [0.05, 0.1) is 17.7 Å². The number of carboxylic acids is 1. The van der Waals surface area contributed by atoms with Crippen molar-refractivity contribution in [3.05, 3.63) is 53.6 Å². The number of carbonyl (C=O) groups is 1. The summed E-state index contributed by atoms with van der Waals surface area (Å²) in [7, 11) is 0. The lowest BCUT2D eigenvalue weighted by Crippen LogP contribution is -2.22. The lowest BCUT2D eigenvalue weighted by molar-refractivity contribution is -0.138. The fraction of sp³-hybridized carbons (Fsp3) is 0.235. The highest BCUT2D eigenvalue weighted by Crippen LogP contribution is 2.42. The molecule has 4 nitrogen and oxygen atoms in total. The summed E-state index contributed by atoms with van der Waals surface area (Å²) in [5.74, 6) is -0.726. The second kappa shape index (κ2) is 6.07. The number of halogens is 3. The van der Waals surface area contributed by atoms with Crippen molar-refractivity contribution in [1.29, 1.82) is 0 Å². The molecule has 24 heavy (non-hydrogen) atoms. The third kappa shape index (κ3) is 3.15. The van der Waals surface area contributed by atoms with Gasteiger partial charge in [-0.3, -0.25) is 4.79 Å². The molecule has 0 amide bonds. The van der Waals surface area contributed by atoms with Crippen LogP contribution in [-0.2, 0) is 17.6 Å². The van der Waals surface area contributed by atoms with Gasteiger partial charge in [0.2, 0.25) is 0 Å². The Kier molecular flexibility index (Phi) is 4.09. The summed E-state index contributed by atoms with van der Waals surface area (Å²) in [6.07, 6.45) is -4.69. The summed E-state index contributed by atoms with van der Waals surface area (Å²) >= 11 is 0. The largest absolute Gasteiger partial charge is 0.487 e. The van der Waals surface area contributed by atoms with E-state index in [4.69, 9.17) is 9.84 Å². The van der Waals surface area contributed by atoms with Crippen LogP contribution in [0, 0.1) is 0 Å². The van der Waals surface area contributed by atoms with Gasteiger partial charge < -0.3 is 14.7 Å². The van der Waals surface area contributed by atoms with Gasteiger partial charge >= 0.3 is 12.1 Å². The summed E-state index contributed by atoms with van der Waals surface area (Å²) < 4.78 is 44.8. The molecule has 2 aromatic rings. The van der Waals surface area contributed by atoms with Crippen LogP contribution in [0.25, 0.3) is 0 Å². The van der Waals surface area contributed by atoms with Crippen molar-refractivity contribution in [2.45, 2.75) is 19.2 Å². The number of hydrogen-bond acceptors (Lipinski definition) is 3. The normalized spacial score (nSPS) is 13.5. The summed E-state index contributed by atoms with van der Waals surface area (Å²) in [5, 5.41) is 8.96. The van der Waals surface area contributed by atoms with Crippen LogP contribution in [-0.4, -0.2) is 17.6 Å². The van der Waals surface area contributed by atoms with Gasteiger partial charge in [-0.2, -0.15) is 13.2 Å². The Balaban J connectivity index is 2.12. The first-order valence-corrected chi connectivity index (χ1v) is 7.27. The van der Waals surface area contributed by atoms with Crippen molar-refractivity contribution in [3.63, 3.8) is 0 Å². The maximum atomic E-state index is 13.0. The molecule has 7 heteroatoms. The Hall–Kier alpha value is -2.70. The highest BCUT2D eigenvalue weighted by molar-refractivity contribution is 5.75. The number of hydrogen-bond donors (Lipinski definition) is 1. The SMILES string of the molecule is O=C(O)CCN1c2ccccc2COc2ccc(C(F)(F)F)cc21. The molecule has 0 unspecified atom stereocenters. The highest BCUT2D eigenvalue weighted by atomic mass is 19.4. The number of rotatable bonds is 3. The summed E-state index contributed by atoms with van der Waals surface area (Å²) in [4.78, 5) is 12.5. The fourth-order valence-electron chi connectivity index (χ4n) is 2.66. The number of carboxylic acid groups (broad SMARTS) is 1. The lowest BCUT2D eigenvalue weighted by Gasteiger charge is -2.25. The third-order valence-corrected chi connectivity index (χ3v) is 3.79. The van der Waals surface area contributed by atoms with Crippen molar-refractivity contribution in [1.82, 2.24) is 0 Å². The Morgan fingerprint density at radius 2 is 1.92 bits per heavy atom. The van der Waals surface area contributed by atoms with E-state index < -0.39 is 17.7 Å². The first-order chi connectivity index (χ1) is 11.4. The first-order valence-electron chi connectivity index (χ1n) is 7.27. The molecule has 0 fully saturated rings. The van der Waals surface area contributed by atoms with Gasteiger partial charge in [0.1, 0.15) is 12.4 Å². The molecule has 1 N–H and O–H groups in total. The van der Waals surface area contributed by atoms with E-state index in [2.05, 4.69) is 0 Å². The third-order valence-electron chi connectivity index (χ3n) is 3.79. The minimum Gasteiger partial charge on any atom is -0.487 e. The van der Waals surface area contributed by atoms with Gasteiger partial charge in [0, 0.05) is 17.8 Å². The molecule has 1 aliphatic rings. The second-order valence-electron chi connectivity index (χ2n) is 5.39.